The van der Waals surface area contributed by atoms with Crippen LogP contribution in [-0.2, 0) is 11.3 Å². The zero-order chi connectivity index (χ0) is 18.6. The van der Waals surface area contributed by atoms with Crippen LogP contribution in [0.4, 0.5) is 5.88 Å². The third kappa shape index (κ3) is 3.59. The summed E-state index contributed by atoms with van der Waals surface area (Å²) in [7, 11) is 0. The molecule has 1 saturated heterocycles. The van der Waals surface area contributed by atoms with Crippen molar-refractivity contribution < 1.29 is 13.9 Å². The lowest BCUT2D eigenvalue weighted by atomic mass is 10.1. The average molecular weight is 363 g/mol. The van der Waals surface area contributed by atoms with Crippen molar-refractivity contribution >= 4 is 22.9 Å². The quantitative estimate of drug-likeness (QED) is 0.689. The van der Waals surface area contributed by atoms with Gasteiger partial charge in [0.05, 0.1) is 24.2 Å². The second-order valence-corrected chi connectivity index (χ2v) is 6.38. The average Bonchev–Trinajstić information content (AvgIpc) is 2.73. The molecule has 0 spiro atoms. The fraction of sp³-hybridized carbons (Fsp3) is 0.227. The van der Waals surface area contributed by atoms with E-state index in [4.69, 9.17) is 13.9 Å². The zero-order valence-electron chi connectivity index (χ0n) is 15.0. The van der Waals surface area contributed by atoms with Gasteiger partial charge in [0.15, 0.2) is 16.9 Å². The van der Waals surface area contributed by atoms with E-state index in [1.165, 1.54) is 0 Å². The predicted octanol–water partition coefficient (Wildman–Crippen LogP) is 3.85. The molecule has 0 atom stereocenters. The largest absolute Gasteiger partial charge is 0.488 e. The first-order valence-electron chi connectivity index (χ1n) is 8.99. The van der Waals surface area contributed by atoms with Crippen LogP contribution >= 0.6 is 0 Å². The second-order valence-electron chi connectivity index (χ2n) is 6.38. The van der Waals surface area contributed by atoms with Crippen molar-refractivity contribution in [3.8, 4) is 5.75 Å². The summed E-state index contributed by atoms with van der Waals surface area (Å²) in [5.74, 6) is 1.20. The lowest BCUT2D eigenvalue weighted by Crippen LogP contribution is -2.36. The van der Waals surface area contributed by atoms with Crippen LogP contribution in [0.2, 0.25) is 0 Å². The van der Waals surface area contributed by atoms with Gasteiger partial charge in [-0.3, -0.25) is 4.79 Å². The first-order valence-corrected chi connectivity index (χ1v) is 8.99. The van der Waals surface area contributed by atoms with Gasteiger partial charge in [0.2, 0.25) is 0 Å². The Labute approximate surface area is 157 Å². The monoisotopic (exact) mass is 363 g/mol. The molecule has 0 bridgehead atoms. The predicted molar refractivity (Wildman–Crippen MR) is 106 cm³/mol. The van der Waals surface area contributed by atoms with Crippen molar-refractivity contribution in [2.45, 2.75) is 6.61 Å². The Kier molecular flexibility index (Phi) is 4.94. The van der Waals surface area contributed by atoms with Gasteiger partial charge in [-0.05, 0) is 17.7 Å². The van der Waals surface area contributed by atoms with Crippen molar-refractivity contribution in [2.24, 2.45) is 0 Å². The first-order chi connectivity index (χ1) is 13.3. The molecular formula is C22H21NO4. The molecule has 0 amide bonds. The molecule has 1 aliphatic rings. The molecular weight excluding hydrogens is 342 g/mol. The van der Waals surface area contributed by atoms with E-state index in [1.807, 2.05) is 35.2 Å². The minimum atomic E-state index is -0.0737. The van der Waals surface area contributed by atoms with Gasteiger partial charge in [-0.15, -0.1) is 0 Å². The van der Waals surface area contributed by atoms with E-state index in [9.17, 15) is 4.79 Å². The molecule has 0 unspecified atom stereocenters. The standard InChI is InChI=1S/C22H21NO4/c1-2-17-20(26-15-16-6-4-3-5-7-16)9-8-18-19(24)14-21(27-22(17)18)23-10-12-25-13-11-23/h2-9,14H,1,10-13,15H2. The van der Waals surface area contributed by atoms with E-state index < -0.39 is 0 Å². The topological polar surface area (TPSA) is 51.9 Å². The van der Waals surface area contributed by atoms with E-state index in [0.717, 1.165) is 5.56 Å². The van der Waals surface area contributed by atoms with Gasteiger partial charge >= 0.3 is 0 Å². The third-order valence-corrected chi connectivity index (χ3v) is 4.65. The number of rotatable bonds is 5. The number of anilines is 1. The summed E-state index contributed by atoms with van der Waals surface area (Å²) in [4.78, 5) is 14.6. The molecule has 3 aromatic rings. The summed E-state index contributed by atoms with van der Waals surface area (Å²) in [5, 5.41) is 0.522. The Hall–Kier alpha value is -3.05. The van der Waals surface area contributed by atoms with Crippen molar-refractivity contribution in [3.63, 3.8) is 0 Å². The number of benzene rings is 2. The van der Waals surface area contributed by atoms with E-state index in [0.29, 0.717) is 61.1 Å². The highest BCUT2D eigenvalue weighted by molar-refractivity contribution is 5.88. The van der Waals surface area contributed by atoms with Crippen molar-refractivity contribution in [2.75, 3.05) is 31.2 Å². The van der Waals surface area contributed by atoms with Crippen molar-refractivity contribution in [3.05, 3.63) is 76.5 Å². The molecule has 4 rings (SSSR count). The fourth-order valence-electron chi connectivity index (χ4n) is 3.20. The summed E-state index contributed by atoms with van der Waals surface area (Å²) in [5.41, 5.74) is 2.19. The Bertz CT molecular complexity index is 1000. The van der Waals surface area contributed by atoms with Crippen LogP contribution in [0.3, 0.4) is 0 Å². The molecule has 0 saturated carbocycles. The van der Waals surface area contributed by atoms with Gasteiger partial charge < -0.3 is 18.8 Å². The van der Waals surface area contributed by atoms with Gasteiger partial charge in [-0.2, -0.15) is 0 Å². The zero-order valence-corrected chi connectivity index (χ0v) is 15.0. The summed E-state index contributed by atoms with van der Waals surface area (Å²) < 4.78 is 17.5. The number of hydrogen-bond acceptors (Lipinski definition) is 5. The third-order valence-electron chi connectivity index (χ3n) is 4.65. The number of morpholine rings is 1. The Morgan fingerprint density at radius 1 is 1.11 bits per heavy atom. The van der Waals surface area contributed by atoms with Crippen molar-refractivity contribution in [1.29, 1.82) is 0 Å². The summed E-state index contributed by atoms with van der Waals surface area (Å²) in [6, 6.07) is 15.0. The van der Waals surface area contributed by atoms with Crippen molar-refractivity contribution in [1.82, 2.24) is 0 Å². The maximum absolute atomic E-state index is 12.6. The van der Waals surface area contributed by atoms with Gasteiger partial charge in [0.25, 0.3) is 0 Å². The Balaban J connectivity index is 1.72. The summed E-state index contributed by atoms with van der Waals surface area (Å²) in [6.07, 6.45) is 1.68. The number of nitrogens with zero attached hydrogens (tertiary/aromatic N) is 1. The number of fused-ring (bicyclic) bond motifs is 1. The van der Waals surface area contributed by atoms with E-state index in [2.05, 4.69) is 6.58 Å². The minimum Gasteiger partial charge on any atom is -0.488 e. The van der Waals surface area contributed by atoms with Crippen LogP contribution in [0.5, 0.6) is 5.75 Å². The minimum absolute atomic E-state index is 0.0737. The van der Waals surface area contributed by atoms with E-state index in [-0.39, 0.29) is 5.43 Å². The summed E-state index contributed by atoms with van der Waals surface area (Å²) >= 11 is 0. The molecule has 5 heteroatoms. The number of hydrogen-bond donors (Lipinski definition) is 0. The molecule has 0 N–H and O–H groups in total. The molecule has 27 heavy (non-hydrogen) atoms. The Morgan fingerprint density at radius 2 is 1.89 bits per heavy atom. The SMILES string of the molecule is C=Cc1c(OCc2ccccc2)ccc2c(=O)cc(N3CCOCC3)oc12. The van der Waals surface area contributed by atoms with Gasteiger partial charge in [0, 0.05) is 19.2 Å². The van der Waals surface area contributed by atoms with Gasteiger partial charge in [-0.1, -0.05) is 43.0 Å². The normalized spacial score (nSPS) is 14.3. The summed E-state index contributed by atoms with van der Waals surface area (Å²) in [6.45, 7) is 6.96. The first kappa shape index (κ1) is 17.4. The maximum Gasteiger partial charge on any atom is 0.200 e. The fourth-order valence-corrected chi connectivity index (χ4v) is 3.20. The molecule has 0 aliphatic carbocycles. The highest BCUT2D eigenvalue weighted by atomic mass is 16.5. The smallest absolute Gasteiger partial charge is 0.200 e. The number of ether oxygens (including phenoxy) is 2. The lowest BCUT2D eigenvalue weighted by Gasteiger charge is -2.27. The molecule has 1 fully saturated rings. The van der Waals surface area contributed by atoms with Crippen LogP contribution < -0.4 is 15.1 Å². The van der Waals surface area contributed by atoms with Gasteiger partial charge in [0.1, 0.15) is 12.4 Å². The van der Waals surface area contributed by atoms with E-state index >= 15 is 0 Å². The highest BCUT2D eigenvalue weighted by Crippen LogP contribution is 2.31. The second kappa shape index (κ2) is 7.68. The molecule has 2 heterocycles. The van der Waals surface area contributed by atoms with Crippen LogP contribution in [0.15, 0.2) is 64.3 Å². The molecule has 138 valence electrons. The van der Waals surface area contributed by atoms with E-state index in [1.54, 1.807) is 24.3 Å². The molecule has 2 aromatic carbocycles. The Morgan fingerprint density at radius 3 is 2.63 bits per heavy atom. The van der Waals surface area contributed by atoms with Crippen LogP contribution in [0.1, 0.15) is 11.1 Å². The van der Waals surface area contributed by atoms with Gasteiger partial charge in [-0.25, -0.2) is 0 Å². The van der Waals surface area contributed by atoms with Crippen LogP contribution in [0.25, 0.3) is 17.0 Å². The van der Waals surface area contributed by atoms with Crippen LogP contribution in [0, 0.1) is 0 Å². The molecule has 1 aromatic heterocycles. The molecule has 0 radical (unpaired) electrons. The molecule has 1 aliphatic heterocycles. The highest BCUT2D eigenvalue weighted by Gasteiger charge is 2.18. The lowest BCUT2D eigenvalue weighted by molar-refractivity contribution is 0.121. The molecule has 5 nitrogen and oxygen atoms in total. The van der Waals surface area contributed by atoms with Crippen LogP contribution in [-0.4, -0.2) is 26.3 Å². The maximum atomic E-state index is 12.6.